The van der Waals surface area contributed by atoms with Gasteiger partial charge in [0, 0.05) is 20.2 Å². The lowest BCUT2D eigenvalue weighted by Crippen LogP contribution is -2.36. The summed E-state index contributed by atoms with van der Waals surface area (Å²) in [6.45, 7) is 8.26. The lowest BCUT2D eigenvalue weighted by molar-refractivity contribution is -0.126. The van der Waals surface area contributed by atoms with E-state index in [-0.39, 0.29) is 11.5 Å². The van der Waals surface area contributed by atoms with Gasteiger partial charge in [-0.3, -0.25) is 4.79 Å². The minimum atomic E-state index is -0.373. The Kier molecular flexibility index (Phi) is 6.49. The second kappa shape index (κ2) is 6.79. The summed E-state index contributed by atoms with van der Waals surface area (Å²) in [7, 11) is 1.62. The third-order valence-electron chi connectivity index (χ3n) is 2.01. The zero-order chi connectivity index (χ0) is 11.0. The van der Waals surface area contributed by atoms with Crippen molar-refractivity contribution < 1.29 is 9.53 Å². The Morgan fingerprint density at radius 3 is 2.50 bits per heavy atom. The van der Waals surface area contributed by atoms with Crippen molar-refractivity contribution in [3.8, 4) is 0 Å². The molecule has 0 aromatic carbocycles. The predicted molar refractivity (Wildman–Crippen MR) is 57.3 cm³/mol. The second-order valence-electron chi connectivity index (χ2n) is 3.84. The molecule has 4 nitrogen and oxygen atoms in total. The van der Waals surface area contributed by atoms with E-state index in [1.54, 1.807) is 7.11 Å². The van der Waals surface area contributed by atoms with Crippen LogP contribution in [0.2, 0.25) is 0 Å². The highest BCUT2D eigenvalue weighted by Crippen LogP contribution is 2.11. The summed E-state index contributed by atoms with van der Waals surface area (Å²) in [5.41, 5.74) is -0.373. The highest BCUT2D eigenvalue weighted by atomic mass is 16.5. The maximum atomic E-state index is 11.4. The van der Waals surface area contributed by atoms with Crippen LogP contribution in [0.3, 0.4) is 0 Å². The molecule has 1 amide bonds. The van der Waals surface area contributed by atoms with Gasteiger partial charge >= 0.3 is 0 Å². The molecule has 0 unspecified atom stereocenters. The van der Waals surface area contributed by atoms with Crippen LogP contribution in [0.5, 0.6) is 0 Å². The summed E-state index contributed by atoms with van der Waals surface area (Å²) in [6, 6.07) is 0. The molecule has 0 spiro atoms. The Morgan fingerprint density at radius 2 is 2.00 bits per heavy atom. The van der Waals surface area contributed by atoms with E-state index < -0.39 is 0 Å². The van der Waals surface area contributed by atoms with E-state index in [1.165, 1.54) is 0 Å². The normalized spacial score (nSPS) is 11.4. The maximum absolute atomic E-state index is 11.4. The molecule has 14 heavy (non-hydrogen) atoms. The van der Waals surface area contributed by atoms with Crippen molar-refractivity contribution in [3.63, 3.8) is 0 Å². The molecule has 2 N–H and O–H groups in total. The number of hydrogen-bond donors (Lipinski definition) is 2. The monoisotopic (exact) mass is 202 g/mol. The predicted octanol–water partition coefficient (Wildman–Crippen LogP) is 0.527. The van der Waals surface area contributed by atoms with E-state index >= 15 is 0 Å². The van der Waals surface area contributed by atoms with Crippen molar-refractivity contribution in [3.05, 3.63) is 0 Å². The van der Waals surface area contributed by atoms with E-state index in [4.69, 9.17) is 4.74 Å². The Balaban J connectivity index is 3.55. The van der Waals surface area contributed by atoms with Crippen molar-refractivity contribution >= 4 is 5.91 Å². The van der Waals surface area contributed by atoms with E-state index in [2.05, 4.69) is 10.6 Å². The van der Waals surface area contributed by atoms with Gasteiger partial charge in [0.05, 0.1) is 12.0 Å². The standard InChI is InChI=1S/C10H22N2O2/c1-5-11-6-7-12-9(13)8-10(2,3)14-4/h11H,5-8H2,1-4H3,(H,12,13). The maximum Gasteiger partial charge on any atom is 0.222 e. The van der Waals surface area contributed by atoms with Gasteiger partial charge in [0.15, 0.2) is 0 Å². The van der Waals surface area contributed by atoms with E-state index in [0.717, 1.165) is 13.1 Å². The highest BCUT2D eigenvalue weighted by molar-refractivity contribution is 5.76. The average molecular weight is 202 g/mol. The quantitative estimate of drug-likeness (QED) is 0.592. The molecule has 0 bridgehead atoms. The van der Waals surface area contributed by atoms with E-state index in [9.17, 15) is 4.79 Å². The summed E-state index contributed by atoms with van der Waals surface area (Å²) in [6.07, 6.45) is 0.398. The Hall–Kier alpha value is -0.610. The first-order chi connectivity index (χ1) is 6.52. The van der Waals surface area contributed by atoms with Gasteiger partial charge in [-0.15, -0.1) is 0 Å². The number of hydrogen-bond acceptors (Lipinski definition) is 3. The molecule has 0 aliphatic carbocycles. The molecule has 0 radical (unpaired) electrons. The van der Waals surface area contributed by atoms with Gasteiger partial charge in [0.1, 0.15) is 0 Å². The van der Waals surface area contributed by atoms with Crippen LogP contribution in [0.25, 0.3) is 0 Å². The molecule has 0 fully saturated rings. The number of ether oxygens (including phenoxy) is 1. The summed E-state index contributed by atoms with van der Waals surface area (Å²) >= 11 is 0. The van der Waals surface area contributed by atoms with Crippen molar-refractivity contribution in [1.29, 1.82) is 0 Å². The SMILES string of the molecule is CCNCCNC(=O)CC(C)(C)OC. The summed E-state index contributed by atoms with van der Waals surface area (Å²) in [4.78, 5) is 11.4. The first-order valence-corrected chi connectivity index (χ1v) is 5.04. The molecular formula is C10H22N2O2. The smallest absolute Gasteiger partial charge is 0.222 e. The summed E-state index contributed by atoms with van der Waals surface area (Å²) in [5, 5.41) is 5.96. The third-order valence-corrected chi connectivity index (χ3v) is 2.01. The molecule has 0 aliphatic rings. The molecular weight excluding hydrogens is 180 g/mol. The zero-order valence-electron chi connectivity index (χ0n) is 9.64. The molecule has 0 aromatic heterocycles. The fourth-order valence-electron chi connectivity index (χ4n) is 0.988. The topological polar surface area (TPSA) is 50.4 Å². The van der Waals surface area contributed by atoms with E-state index in [1.807, 2.05) is 20.8 Å². The van der Waals surface area contributed by atoms with Crippen LogP contribution in [-0.2, 0) is 9.53 Å². The van der Waals surface area contributed by atoms with Gasteiger partial charge in [0.25, 0.3) is 0 Å². The second-order valence-corrected chi connectivity index (χ2v) is 3.84. The molecule has 0 heterocycles. The van der Waals surface area contributed by atoms with Crippen molar-refractivity contribution in [2.75, 3.05) is 26.7 Å². The van der Waals surface area contributed by atoms with Crippen LogP contribution < -0.4 is 10.6 Å². The number of methoxy groups -OCH3 is 1. The van der Waals surface area contributed by atoms with Gasteiger partial charge in [-0.25, -0.2) is 0 Å². The van der Waals surface area contributed by atoms with Crippen LogP contribution >= 0.6 is 0 Å². The fourth-order valence-corrected chi connectivity index (χ4v) is 0.988. The Morgan fingerprint density at radius 1 is 1.36 bits per heavy atom. The fraction of sp³-hybridized carbons (Fsp3) is 0.900. The van der Waals surface area contributed by atoms with Crippen LogP contribution in [0.4, 0.5) is 0 Å². The minimum Gasteiger partial charge on any atom is -0.378 e. The largest absolute Gasteiger partial charge is 0.378 e. The first kappa shape index (κ1) is 13.4. The number of likely N-dealkylation sites (N-methyl/N-ethyl adjacent to an activating group) is 1. The number of amides is 1. The minimum absolute atomic E-state index is 0.0368. The van der Waals surface area contributed by atoms with Crippen LogP contribution in [-0.4, -0.2) is 38.3 Å². The number of carbonyl (C=O) groups is 1. The highest BCUT2D eigenvalue weighted by Gasteiger charge is 2.20. The molecule has 4 heteroatoms. The lowest BCUT2D eigenvalue weighted by atomic mass is 10.1. The third kappa shape index (κ3) is 6.86. The van der Waals surface area contributed by atoms with Crippen LogP contribution in [0, 0.1) is 0 Å². The van der Waals surface area contributed by atoms with Crippen molar-refractivity contribution in [1.82, 2.24) is 10.6 Å². The zero-order valence-corrected chi connectivity index (χ0v) is 9.64. The van der Waals surface area contributed by atoms with Gasteiger partial charge in [-0.2, -0.15) is 0 Å². The Labute approximate surface area is 86.4 Å². The number of nitrogens with one attached hydrogen (secondary N) is 2. The van der Waals surface area contributed by atoms with Crippen LogP contribution in [0.1, 0.15) is 27.2 Å². The van der Waals surface area contributed by atoms with Crippen molar-refractivity contribution in [2.45, 2.75) is 32.8 Å². The van der Waals surface area contributed by atoms with Gasteiger partial charge < -0.3 is 15.4 Å². The Bertz CT molecular complexity index is 170. The van der Waals surface area contributed by atoms with Gasteiger partial charge in [0.2, 0.25) is 5.91 Å². The van der Waals surface area contributed by atoms with E-state index in [0.29, 0.717) is 13.0 Å². The van der Waals surface area contributed by atoms with Gasteiger partial charge in [-0.1, -0.05) is 6.92 Å². The molecule has 0 saturated carbocycles. The lowest BCUT2D eigenvalue weighted by Gasteiger charge is -2.21. The molecule has 84 valence electrons. The summed E-state index contributed by atoms with van der Waals surface area (Å²) < 4.78 is 5.16. The summed E-state index contributed by atoms with van der Waals surface area (Å²) in [5.74, 6) is 0.0368. The van der Waals surface area contributed by atoms with Gasteiger partial charge in [-0.05, 0) is 20.4 Å². The number of carbonyl (C=O) groups excluding carboxylic acids is 1. The van der Waals surface area contributed by atoms with Crippen molar-refractivity contribution in [2.24, 2.45) is 0 Å². The molecule has 0 atom stereocenters. The molecule has 0 saturated heterocycles. The molecule has 0 aliphatic heterocycles. The average Bonchev–Trinajstić information content (AvgIpc) is 2.12. The molecule has 0 rings (SSSR count). The van der Waals surface area contributed by atoms with Crippen LogP contribution in [0.15, 0.2) is 0 Å². The molecule has 0 aromatic rings. The number of rotatable bonds is 7. The first-order valence-electron chi connectivity index (χ1n) is 5.04.